The van der Waals surface area contributed by atoms with Crippen molar-refractivity contribution in [2.24, 2.45) is 0 Å². The maximum absolute atomic E-state index is 15.0. The molecule has 2 atom stereocenters. The predicted octanol–water partition coefficient (Wildman–Crippen LogP) is 1.39. The van der Waals surface area contributed by atoms with Gasteiger partial charge < -0.3 is 29.6 Å². The summed E-state index contributed by atoms with van der Waals surface area (Å²) in [6.45, 7) is 3.05. The van der Waals surface area contributed by atoms with Crippen LogP contribution in [-0.4, -0.2) is 50.5 Å². The Morgan fingerprint density at radius 1 is 1.23 bits per heavy atom. The molecule has 7 rings (SSSR count). The number of benzene rings is 1. The zero-order chi connectivity index (χ0) is 27.4. The maximum Gasteiger partial charge on any atom is 0.343 e. The van der Waals surface area contributed by atoms with Crippen LogP contribution in [0.5, 0.6) is 0 Å². The third kappa shape index (κ3) is 3.11. The number of halogens is 1. The van der Waals surface area contributed by atoms with Gasteiger partial charge >= 0.3 is 5.97 Å². The molecule has 3 aliphatic heterocycles. The van der Waals surface area contributed by atoms with Crippen LogP contribution in [0.15, 0.2) is 16.9 Å². The molecule has 2 aromatic heterocycles. The summed E-state index contributed by atoms with van der Waals surface area (Å²) in [5, 5.41) is 25.4. The molecule has 0 saturated carbocycles. The van der Waals surface area contributed by atoms with Crippen LogP contribution in [0.3, 0.4) is 0 Å². The SMILES string of the molecule is CC[C@@]1(O)C(=O)OCc2c1cc1n(c2=O)Cc2c-1nc1cc(F)c(C)c3c1c2[C@@H](NC(=O)C1(O)COC1)CC3. The summed E-state index contributed by atoms with van der Waals surface area (Å²) in [4.78, 5) is 44.0. The first-order valence-electron chi connectivity index (χ1n) is 13.0. The largest absolute Gasteiger partial charge is 0.458 e. The topological polar surface area (TPSA) is 140 Å². The quantitative estimate of drug-likeness (QED) is 0.335. The average molecular weight is 536 g/mol. The summed E-state index contributed by atoms with van der Waals surface area (Å²) in [5.74, 6) is -1.76. The molecule has 3 aromatic rings. The Morgan fingerprint density at radius 3 is 2.69 bits per heavy atom. The normalized spacial score (nSPS) is 23.9. The fraction of sp³-hybridized carbons (Fsp3) is 0.429. The highest BCUT2D eigenvalue weighted by Crippen LogP contribution is 2.46. The molecule has 202 valence electrons. The summed E-state index contributed by atoms with van der Waals surface area (Å²) in [5.41, 5.74) is 0.357. The van der Waals surface area contributed by atoms with Crippen molar-refractivity contribution in [2.45, 2.75) is 63.5 Å². The van der Waals surface area contributed by atoms with Crippen molar-refractivity contribution in [2.75, 3.05) is 13.2 Å². The van der Waals surface area contributed by atoms with Gasteiger partial charge in [-0.15, -0.1) is 0 Å². The number of hydrogen-bond donors (Lipinski definition) is 3. The van der Waals surface area contributed by atoms with E-state index in [1.807, 2.05) is 0 Å². The number of pyridine rings is 2. The van der Waals surface area contributed by atoms with Gasteiger partial charge in [-0.2, -0.15) is 0 Å². The van der Waals surface area contributed by atoms with Crippen LogP contribution < -0.4 is 10.9 Å². The molecule has 1 aromatic carbocycles. The van der Waals surface area contributed by atoms with Crippen molar-refractivity contribution in [1.29, 1.82) is 0 Å². The van der Waals surface area contributed by atoms with Gasteiger partial charge in [-0.3, -0.25) is 9.59 Å². The molecule has 1 fully saturated rings. The Kier molecular flexibility index (Phi) is 4.96. The van der Waals surface area contributed by atoms with Crippen LogP contribution in [-0.2, 0) is 44.2 Å². The van der Waals surface area contributed by atoms with Gasteiger partial charge in [0.05, 0.1) is 48.3 Å². The second-order valence-corrected chi connectivity index (χ2v) is 10.9. The molecule has 10 nitrogen and oxygen atoms in total. The molecule has 11 heteroatoms. The molecule has 1 aliphatic carbocycles. The molecular formula is C28H26FN3O7. The van der Waals surface area contributed by atoms with Gasteiger partial charge in [0.1, 0.15) is 12.4 Å². The predicted molar refractivity (Wildman–Crippen MR) is 134 cm³/mol. The fourth-order valence-corrected chi connectivity index (χ4v) is 6.42. The third-order valence-electron chi connectivity index (χ3n) is 8.79. The fourth-order valence-electron chi connectivity index (χ4n) is 6.42. The van der Waals surface area contributed by atoms with E-state index in [4.69, 9.17) is 14.5 Å². The third-order valence-corrected chi connectivity index (χ3v) is 8.79. The van der Waals surface area contributed by atoms with E-state index in [0.717, 1.165) is 16.5 Å². The molecule has 4 aliphatic rings. The second-order valence-electron chi connectivity index (χ2n) is 10.9. The number of fused-ring (bicyclic) bond motifs is 5. The van der Waals surface area contributed by atoms with Gasteiger partial charge in [-0.1, -0.05) is 6.92 Å². The van der Waals surface area contributed by atoms with E-state index in [1.54, 1.807) is 19.9 Å². The highest BCUT2D eigenvalue weighted by molar-refractivity contribution is 5.94. The van der Waals surface area contributed by atoms with E-state index in [-0.39, 0.29) is 43.9 Å². The number of cyclic esters (lactones) is 1. The summed E-state index contributed by atoms with van der Waals surface area (Å²) in [6.07, 6.45) is 0.975. The average Bonchev–Trinajstić information content (AvgIpc) is 3.27. The molecule has 39 heavy (non-hydrogen) atoms. The molecule has 5 heterocycles. The number of ether oxygens (including phenoxy) is 2. The van der Waals surface area contributed by atoms with Crippen LogP contribution in [0.4, 0.5) is 4.39 Å². The first kappa shape index (κ1) is 24.4. The first-order valence-corrected chi connectivity index (χ1v) is 13.0. The van der Waals surface area contributed by atoms with Gasteiger partial charge in [0.15, 0.2) is 11.2 Å². The lowest BCUT2D eigenvalue weighted by Gasteiger charge is -2.37. The van der Waals surface area contributed by atoms with Crippen molar-refractivity contribution in [1.82, 2.24) is 14.9 Å². The van der Waals surface area contributed by atoms with Crippen molar-refractivity contribution < 1.29 is 33.7 Å². The van der Waals surface area contributed by atoms with Gasteiger partial charge in [0.25, 0.3) is 11.5 Å². The van der Waals surface area contributed by atoms with Crippen LogP contribution in [0, 0.1) is 12.7 Å². The molecule has 1 saturated heterocycles. The van der Waals surface area contributed by atoms with E-state index in [2.05, 4.69) is 5.32 Å². The highest BCUT2D eigenvalue weighted by atomic mass is 19.1. The lowest BCUT2D eigenvalue weighted by atomic mass is 9.81. The molecule has 0 bridgehead atoms. The Balaban J connectivity index is 1.47. The number of nitrogens with one attached hydrogen (secondary N) is 1. The smallest absolute Gasteiger partial charge is 0.343 e. The number of nitrogens with zero attached hydrogens (tertiary/aromatic N) is 2. The number of carbonyl (C=O) groups is 2. The van der Waals surface area contributed by atoms with Crippen molar-refractivity contribution in [3.8, 4) is 11.4 Å². The minimum Gasteiger partial charge on any atom is -0.458 e. The summed E-state index contributed by atoms with van der Waals surface area (Å²) >= 11 is 0. The molecular weight excluding hydrogens is 509 g/mol. The number of amides is 1. The van der Waals surface area contributed by atoms with Gasteiger partial charge in [0, 0.05) is 22.6 Å². The molecule has 0 unspecified atom stereocenters. The van der Waals surface area contributed by atoms with Crippen LogP contribution in [0.25, 0.3) is 22.3 Å². The minimum atomic E-state index is -1.97. The van der Waals surface area contributed by atoms with Crippen LogP contribution in [0.2, 0.25) is 0 Å². The Labute approximate surface area is 221 Å². The Bertz CT molecular complexity index is 1710. The number of esters is 1. The Hall–Kier alpha value is -3.67. The van der Waals surface area contributed by atoms with Gasteiger partial charge in [-0.25, -0.2) is 14.2 Å². The van der Waals surface area contributed by atoms with Crippen molar-refractivity contribution in [3.63, 3.8) is 0 Å². The number of aryl methyl sites for hydroxylation is 1. The summed E-state index contributed by atoms with van der Waals surface area (Å²) < 4.78 is 26.7. The van der Waals surface area contributed by atoms with E-state index in [1.165, 1.54) is 10.6 Å². The lowest BCUT2D eigenvalue weighted by molar-refractivity contribution is -0.191. The number of rotatable bonds is 3. The van der Waals surface area contributed by atoms with E-state index in [0.29, 0.717) is 40.9 Å². The zero-order valence-electron chi connectivity index (χ0n) is 21.4. The Morgan fingerprint density at radius 2 is 2.00 bits per heavy atom. The molecule has 0 radical (unpaired) electrons. The van der Waals surface area contributed by atoms with Gasteiger partial charge in [0.2, 0.25) is 0 Å². The standard InChI is InChI=1S/C28H26FN3O7/c1-3-28(37)16-6-20-23-14(8-32(20)24(33)15(16)9-39-26(28)35)22-18(31-25(34)27(36)10-38-11-27)5-4-13-12(2)17(29)7-19(30-23)21(13)22/h6-7,18,36-37H,3-5,8-11H2,1-2H3,(H,31,34)/t18-,28-/m0/s1. The lowest BCUT2D eigenvalue weighted by Crippen LogP contribution is -2.60. The van der Waals surface area contributed by atoms with E-state index < -0.39 is 40.5 Å². The summed E-state index contributed by atoms with van der Waals surface area (Å²) in [7, 11) is 0. The monoisotopic (exact) mass is 535 g/mol. The van der Waals surface area contributed by atoms with Crippen molar-refractivity contribution in [3.05, 3.63) is 61.7 Å². The molecule has 3 N–H and O–H groups in total. The molecule has 1 amide bonds. The number of carbonyl (C=O) groups excluding carboxylic acids is 2. The summed E-state index contributed by atoms with van der Waals surface area (Å²) in [6, 6.07) is 2.44. The van der Waals surface area contributed by atoms with Crippen molar-refractivity contribution >= 4 is 22.8 Å². The second kappa shape index (κ2) is 7.93. The first-order chi connectivity index (χ1) is 18.6. The van der Waals surface area contributed by atoms with Crippen LogP contribution >= 0.6 is 0 Å². The number of aliphatic hydroxyl groups is 2. The molecule has 0 spiro atoms. The van der Waals surface area contributed by atoms with Crippen LogP contribution in [0.1, 0.15) is 59.2 Å². The number of hydrogen-bond acceptors (Lipinski definition) is 8. The van der Waals surface area contributed by atoms with E-state index >= 15 is 0 Å². The highest BCUT2D eigenvalue weighted by Gasteiger charge is 2.47. The van der Waals surface area contributed by atoms with Gasteiger partial charge in [-0.05, 0) is 48.9 Å². The van der Waals surface area contributed by atoms with E-state index in [9.17, 15) is 29.0 Å². The minimum absolute atomic E-state index is 0.0135. The maximum atomic E-state index is 15.0. The zero-order valence-corrected chi connectivity index (χ0v) is 21.4. The number of aromatic nitrogens is 2.